The third kappa shape index (κ3) is 3.62. The van der Waals surface area contributed by atoms with Crippen LogP contribution in [0.3, 0.4) is 0 Å². The SMILES string of the molecule is Cc1ccc(N(C2CS(=O)(=O)CC2O)S(=O)(=O)c2ccc(C)cc2)cc1. The number of aliphatic hydroxyl groups is 1. The summed E-state index contributed by atoms with van der Waals surface area (Å²) >= 11 is 0. The van der Waals surface area contributed by atoms with Crippen LogP contribution < -0.4 is 4.31 Å². The molecule has 2 unspecified atom stereocenters. The molecule has 0 bridgehead atoms. The number of hydrogen-bond acceptors (Lipinski definition) is 5. The fourth-order valence-corrected chi connectivity index (χ4v) is 6.60. The zero-order valence-electron chi connectivity index (χ0n) is 14.5. The summed E-state index contributed by atoms with van der Waals surface area (Å²) in [6.45, 7) is 3.72. The zero-order valence-corrected chi connectivity index (χ0v) is 16.2. The molecule has 1 saturated heterocycles. The summed E-state index contributed by atoms with van der Waals surface area (Å²) in [4.78, 5) is 0.0557. The van der Waals surface area contributed by atoms with E-state index in [-0.39, 0.29) is 4.90 Å². The molecule has 0 spiro atoms. The number of aliphatic hydroxyl groups excluding tert-OH is 1. The smallest absolute Gasteiger partial charge is 0.264 e. The molecule has 0 radical (unpaired) electrons. The highest BCUT2D eigenvalue weighted by Gasteiger charge is 2.45. The van der Waals surface area contributed by atoms with Gasteiger partial charge >= 0.3 is 0 Å². The molecule has 0 aromatic heterocycles. The molecular formula is C18H21NO5S2. The fraction of sp³-hybridized carbons (Fsp3) is 0.333. The van der Waals surface area contributed by atoms with Gasteiger partial charge in [-0.05, 0) is 38.1 Å². The predicted octanol–water partition coefficient (Wildman–Crippen LogP) is 1.66. The summed E-state index contributed by atoms with van der Waals surface area (Å²) < 4.78 is 51.6. The summed E-state index contributed by atoms with van der Waals surface area (Å²) in [6, 6.07) is 12.0. The lowest BCUT2D eigenvalue weighted by atomic mass is 10.2. The van der Waals surface area contributed by atoms with Crippen molar-refractivity contribution < 1.29 is 21.9 Å². The Bertz CT molecular complexity index is 997. The van der Waals surface area contributed by atoms with Crippen LogP contribution in [-0.4, -0.2) is 45.6 Å². The van der Waals surface area contributed by atoms with Crippen LogP contribution in [0.25, 0.3) is 0 Å². The van der Waals surface area contributed by atoms with E-state index in [0.717, 1.165) is 15.4 Å². The first-order valence-corrected chi connectivity index (χ1v) is 11.4. The van der Waals surface area contributed by atoms with E-state index < -0.39 is 43.5 Å². The normalized spacial score (nSPS) is 22.3. The molecule has 140 valence electrons. The van der Waals surface area contributed by atoms with Gasteiger partial charge in [-0.2, -0.15) is 0 Å². The Balaban J connectivity index is 2.14. The van der Waals surface area contributed by atoms with Crippen LogP contribution in [0.5, 0.6) is 0 Å². The van der Waals surface area contributed by atoms with Crippen LogP contribution in [0.1, 0.15) is 11.1 Å². The Kier molecular flexibility index (Phi) is 4.85. The third-order valence-corrected chi connectivity index (χ3v) is 8.03. The summed E-state index contributed by atoms with van der Waals surface area (Å²) in [5.41, 5.74) is 2.19. The Hall–Kier alpha value is -1.90. The van der Waals surface area contributed by atoms with Crippen LogP contribution in [0.2, 0.25) is 0 Å². The molecule has 26 heavy (non-hydrogen) atoms. The Morgan fingerprint density at radius 1 is 0.923 bits per heavy atom. The van der Waals surface area contributed by atoms with Crippen molar-refractivity contribution in [1.29, 1.82) is 0 Å². The largest absolute Gasteiger partial charge is 0.390 e. The van der Waals surface area contributed by atoms with E-state index in [0.29, 0.717) is 5.69 Å². The molecule has 0 aliphatic carbocycles. The van der Waals surface area contributed by atoms with Gasteiger partial charge in [0.1, 0.15) is 0 Å². The highest BCUT2D eigenvalue weighted by molar-refractivity contribution is 7.93. The highest BCUT2D eigenvalue weighted by Crippen LogP contribution is 2.31. The van der Waals surface area contributed by atoms with Crippen LogP contribution >= 0.6 is 0 Å². The Morgan fingerprint density at radius 3 is 1.88 bits per heavy atom. The molecule has 0 amide bonds. The van der Waals surface area contributed by atoms with Crippen LogP contribution in [0, 0.1) is 13.8 Å². The van der Waals surface area contributed by atoms with Gasteiger partial charge in [-0.25, -0.2) is 16.8 Å². The summed E-state index contributed by atoms with van der Waals surface area (Å²) in [7, 11) is -7.55. The molecule has 8 heteroatoms. The molecule has 3 rings (SSSR count). The molecule has 2 atom stereocenters. The second-order valence-corrected chi connectivity index (χ2v) is 10.6. The van der Waals surface area contributed by atoms with Gasteiger partial charge in [-0.15, -0.1) is 0 Å². The van der Waals surface area contributed by atoms with E-state index in [1.54, 1.807) is 36.4 Å². The average molecular weight is 396 g/mol. The zero-order chi connectivity index (χ0) is 19.1. The standard InChI is InChI=1S/C18H21NO5S2/c1-13-3-7-15(8-4-13)19(17-11-25(21,22)12-18(17)20)26(23,24)16-9-5-14(2)6-10-16/h3-10,17-18,20H,11-12H2,1-2H3. The van der Waals surface area contributed by atoms with Crippen molar-refractivity contribution in [2.75, 3.05) is 15.8 Å². The molecule has 1 fully saturated rings. The number of aryl methyl sites for hydroxylation is 2. The molecule has 2 aromatic carbocycles. The first-order valence-electron chi connectivity index (χ1n) is 8.16. The minimum atomic E-state index is -4.04. The van der Waals surface area contributed by atoms with Crippen LogP contribution in [0.4, 0.5) is 5.69 Å². The highest BCUT2D eigenvalue weighted by atomic mass is 32.2. The molecule has 1 aliphatic rings. The molecule has 2 aromatic rings. The number of anilines is 1. The van der Waals surface area contributed by atoms with Gasteiger partial charge in [0, 0.05) is 0 Å². The quantitative estimate of drug-likeness (QED) is 0.850. The van der Waals surface area contributed by atoms with Crippen molar-refractivity contribution in [1.82, 2.24) is 0 Å². The summed E-state index contributed by atoms with van der Waals surface area (Å²) in [6.07, 6.45) is -1.28. The van der Waals surface area contributed by atoms with Crippen molar-refractivity contribution >= 4 is 25.5 Å². The average Bonchev–Trinajstić information content (AvgIpc) is 2.82. The lowest BCUT2D eigenvalue weighted by Gasteiger charge is -2.31. The van der Waals surface area contributed by atoms with E-state index in [1.165, 1.54) is 12.1 Å². The second kappa shape index (κ2) is 6.68. The first kappa shape index (κ1) is 18.9. The van der Waals surface area contributed by atoms with Crippen LogP contribution in [0.15, 0.2) is 53.4 Å². The van der Waals surface area contributed by atoms with Gasteiger partial charge in [0.15, 0.2) is 9.84 Å². The number of hydrogen-bond donors (Lipinski definition) is 1. The molecule has 6 nitrogen and oxygen atoms in total. The van der Waals surface area contributed by atoms with E-state index in [1.807, 2.05) is 13.8 Å². The summed E-state index contributed by atoms with van der Waals surface area (Å²) in [5.74, 6) is -0.851. The van der Waals surface area contributed by atoms with Crippen LogP contribution in [-0.2, 0) is 19.9 Å². The lowest BCUT2D eigenvalue weighted by Crippen LogP contribution is -2.47. The van der Waals surface area contributed by atoms with Gasteiger partial charge in [-0.3, -0.25) is 4.31 Å². The molecule has 1 aliphatic heterocycles. The van der Waals surface area contributed by atoms with E-state index >= 15 is 0 Å². The Morgan fingerprint density at radius 2 is 1.42 bits per heavy atom. The fourth-order valence-electron chi connectivity index (χ4n) is 3.06. The number of sulfonamides is 1. The Labute approximate surface area is 154 Å². The van der Waals surface area contributed by atoms with Gasteiger partial charge < -0.3 is 5.11 Å². The first-order chi connectivity index (χ1) is 12.1. The maximum atomic E-state index is 13.3. The monoisotopic (exact) mass is 395 g/mol. The van der Waals surface area contributed by atoms with Crippen molar-refractivity contribution in [2.45, 2.75) is 30.9 Å². The predicted molar refractivity (Wildman–Crippen MR) is 100 cm³/mol. The van der Waals surface area contributed by atoms with Gasteiger partial charge in [-0.1, -0.05) is 35.4 Å². The third-order valence-electron chi connectivity index (χ3n) is 4.46. The molecular weight excluding hydrogens is 374 g/mol. The van der Waals surface area contributed by atoms with Gasteiger partial charge in [0.05, 0.1) is 34.2 Å². The van der Waals surface area contributed by atoms with Crippen molar-refractivity contribution in [3.63, 3.8) is 0 Å². The number of sulfone groups is 1. The maximum absolute atomic E-state index is 13.3. The van der Waals surface area contributed by atoms with Gasteiger partial charge in [0.2, 0.25) is 0 Å². The minimum Gasteiger partial charge on any atom is -0.390 e. The van der Waals surface area contributed by atoms with E-state index in [2.05, 4.69) is 0 Å². The van der Waals surface area contributed by atoms with Crippen molar-refractivity contribution in [3.8, 4) is 0 Å². The topological polar surface area (TPSA) is 91.8 Å². The van der Waals surface area contributed by atoms with Crippen molar-refractivity contribution in [3.05, 3.63) is 59.7 Å². The van der Waals surface area contributed by atoms with E-state index in [4.69, 9.17) is 0 Å². The number of benzene rings is 2. The van der Waals surface area contributed by atoms with Gasteiger partial charge in [0.25, 0.3) is 10.0 Å². The number of rotatable bonds is 4. The lowest BCUT2D eigenvalue weighted by molar-refractivity contribution is 0.184. The van der Waals surface area contributed by atoms with E-state index in [9.17, 15) is 21.9 Å². The molecule has 0 saturated carbocycles. The van der Waals surface area contributed by atoms with Crippen molar-refractivity contribution in [2.24, 2.45) is 0 Å². The summed E-state index contributed by atoms with van der Waals surface area (Å²) in [5, 5.41) is 10.3. The molecule has 1 heterocycles. The second-order valence-electron chi connectivity index (χ2n) is 6.66. The maximum Gasteiger partial charge on any atom is 0.264 e. The number of nitrogens with zero attached hydrogens (tertiary/aromatic N) is 1. The molecule has 1 N–H and O–H groups in total. The minimum absolute atomic E-state index is 0.0557.